The van der Waals surface area contributed by atoms with Crippen molar-refractivity contribution in [2.24, 2.45) is 0 Å². The van der Waals surface area contributed by atoms with Crippen LogP contribution in [0.4, 0.5) is 5.69 Å². The number of hydrogen-bond donors (Lipinski definition) is 1. The molecule has 0 aliphatic carbocycles. The van der Waals surface area contributed by atoms with Crippen LogP contribution in [0.15, 0.2) is 18.2 Å². The monoisotopic (exact) mass is 261 g/mol. The zero-order valence-corrected chi connectivity index (χ0v) is 11.6. The van der Waals surface area contributed by atoms with Crippen LogP contribution in [0.1, 0.15) is 22.8 Å². The summed E-state index contributed by atoms with van der Waals surface area (Å²) < 4.78 is 4.66. The molecule has 0 aromatic heterocycles. The lowest BCUT2D eigenvalue weighted by Crippen LogP contribution is -2.30. The van der Waals surface area contributed by atoms with Gasteiger partial charge in [-0.1, -0.05) is 0 Å². The van der Waals surface area contributed by atoms with Crippen LogP contribution < -0.4 is 10.2 Å². The van der Waals surface area contributed by atoms with Crippen LogP contribution in [-0.2, 0) is 4.74 Å². The number of benzene rings is 1. The summed E-state index contributed by atoms with van der Waals surface area (Å²) in [6.07, 6.45) is 0. The summed E-state index contributed by atoms with van der Waals surface area (Å²) in [5, 5.41) is 12.2. The van der Waals surface area contributed by atoms with Gasteiger partial charge >= 0.3 is 5.97 Å². The van der Waals surface area contributed by atoms with Gasteiger partial charge in [0.25, 0.3) is 0 Å². The SMILES string of the molecule is CCN(CCNC)c1ccc(C(=O)OC)c(C#N)c1. The molecule has 5 heteroatoms. The van der Waals surface area contributed by atoms with Crippen LogP contribution in [0.2, 0.25) is 0 Å². The highest BCUT2D eigenvalue weighted by atomic mass is 16.5. The summed E-state index contributed by atoms with van der Waals surface area (Å²) in [6.45, 7) is 4.59. The molecule has 19 heavy (non-hydrogen) atoms. The van der Waals surface area contributed by atoms with E-state index in [4.69, 9.17) is 5.26 Å². The molecule has 0 unspecified atom stereocenters. The molecule has 102 valence electrons. The normalized spacial score (nSPS) is 9.79. The Morgan fingerprint density at radius 2 is 2.26 bits per heavy atom. The number of carbonyl (C=O) groups is 1. The number of nitrogens with zero attached hydrogens (tertiary/aromatic N) is 2. The Kier molecular flexibility index (Phi) is 5.83. The second-order valence-corrected chi connectivity index (χ2v) is 4.02. The Morgan fingerprint density at radius 1 is 1.53 bits per heavy atom. The van der Waals surface area contributed by atoms with Gasteiger partial charge in [0.05, 0.1) is 18.2 Å². The maximum Gasteiger partial charge on any atom is 0.339 e. The van der Waals surface area contributed by atoms with Crippen LogP contribution in [-0.4, -0.2) is 39.8 Å². The first kappa shape index (κ1) is 15.0. The first-order chi connectivity index (χ1) is 9.17. The van der Waals surface area contributed by atoms with Crippen molar-refractivity contribution < 1.29 is 9.53 Å². The van der Waals surface area contributed by atoms with Crippen molar-refractivity contribution in [2.75, 3.05) is 38.7 Å². The molecule has 1 rings (SSSR count). The van der Waals surface area contributed by atoms with E-state index in [0.717, 1.165) is 25.3 Å². The lowest BCUT2D eigenvalue weighted by atomic mass is 10.1. The Bertz CT molecular complexity index is 480. The van der Waals surface area contributed by atoms with Gasteiger partial charge in [0, 0.05) is 25.3 Å². The Morgan fingerprint density at radius 3 is 2.79 bits per heavy atom. The minimum Gasteiger partial charge on any atom is -0.465 e. The van der Waals surface area contributed by atoms with E-state index in [1.54, 1.807) is 12.1 Å². The van der Waals surface area contributed by atoms with Crippen LogP contribution >= 0.6 is 0 Å². The van der Waals surface area contributed by atoms with Gasteiger partial charge in [-0.3, -0.25) is 0 Å². The van der Waals surface area contributed by atoms with Gasteiger partial charge in [-0.2, -0.15) is 5.26 Å². The van der Waals surface area contributed by atoms with Crippen LogP contribution in [0, 0.1) is 11.3 Å². The highest BCUT2D eigenvalue weighted by Crippen LogP contribution is 2.19. The third-order valence-electron chi connectivity index (χ3n) is 2.91. The summed E-state index contributed by atoms with van der Waals surface area (Å²) in [4.78, 5) is 13.7. The van der Waals surface area contributed by atoms with E-state index >= 15 is 0 Å². The van der Waals surface area contributed by atoms with Crippen molar-refractivity contribution in [2.45, 2.75) is 6.92 Å². The molecule has 0 spiro atoms. The number of nitrogens with one attached hydrogen (secondary N) is 1. The van der Waals surface area contributed by atoms with Crippen LogP contribution in [0.25, 0.3) is 0 Å². The van der Waals surface area contributed by atoms with Gasteiger partial charge in [0.2, 0.25) is 0 Å². The van der Waals surface area contributed by atoms with E-state index in [1.807, 2.05) is 19.2 Å². The van der Waals surface area contributed by atoms with E-state index in [2.05, 4.69) is 21.9 Å². The smallest absolute Gasteiger partial charge is 0.339 e. The molecule has 0 aliphatic rings. The van der Waals surface area contributed by atoms with Gasteiger partial charge in [0.1, 0.15) is 6.07 Å². The van der Waals surface area contributed by atoms with E-state index in [-0.39, 0.29) is 0 Å². The van der Waals surface area contributed by atoms with Gasteiger partial charge in [-0.15, -0.1) is 0 Å². The van der Waals surface area contributed by atoms with Crippen molar-refractivity contribution >= 4 is 11.7 Å². The number of esters is 1. The number of rotatable bonds is 6. The molecule has 0 bridgehead atoms. The molecule has 0 saturated carbocycles. The minimum absolute atomic E-state index is 0.304. The average molecular weight is 261 g/mol. The minimum atomic E-state index is -0.485. The quantitative estimate of drug-likeness (QED) is 0.784. The topological polar surface area (TPSA) is 65.4 Å². The molecular weight excluding hydrogens is 242 g/mol. The maximum atomic E-state index is 11.5. The zero-order valence-electron chi connectivity index (χ0n) is 11.6. The first-order valence-corrected chi connectivity index (χ1v) is 6.19. The molecule has 0 saturated heterocycles. The molecule has 0 heterocycles. The van der Waals surface area contributed by atoms with Crippen LogP contribution in [0.5, 0.6) is 0 Å². The fourth-order valence-electron chi connectivity index (χ4n) is 1.83. The number of hydrogen-bond acceptors (Lipinski definition) is 5. The summed E-state index contributed by atoms with van der Waals surface area (Å²) >= 11 is 0. The van der Waals surface area contributed by atoms with E-state index < -0.39 is 5.97 Å². The maximum absolute atomic E-state index is 11.5. The molecule has 0 radical (unpaired) electrons. The predicted octanol–water partition coefficient (Wildman–Crippen LogP) is 1.39. The van der Waals surface area contributed by atoms with Crippen molar-refractivity contribution in [1.29, 1.82) is 5.26 Å². The number of carbonyl (C=O) groups excluding carboxylic acids is 1. The van der Waals surface area contributed by atoms with Crippen LogP contribution in [0.3, 0.4) is 0 Å². The molecule has 1 aromatic carbocycles. The fraction of sp³-hybridized carbons (Fsp3) is 0.429. The van der Waals surface area contributed by atoms with Crippen molar-refractivity contribution in [3.8, 4) is 6.07 Å². The highest BCUT2D eigenvalue weighted by molar-refractivity contribution is 5.92. The first-order valence-electron chi connectivity index (χ1n) is 6.19. The molecule has 0 atom stereocenters. The van der Waals surface area contributed by atoms with Crippen molar-refractivity contribution in [3.63, 3.8) is 0 Å². The summed E-state index contributed by atoms with van der Waals surface area (Å²) in [7, 11) is 3.21. The Balaban J connectivity index is 3.05. The number of nitriles is 1. The molecule has 0 aliphatic heterocycles. The highest BCUT2D eigenvalue weighted by Gasteiger charge is 2.14. The average Bonchev–Trinajstić information content (AvgIpc) is 2.46. The van der Waals surface area contributed by atoms with Gasteiger partial charge in [-0.25, -0.2) is 4.79 Å². The molecule has 5 nitrogen and oxygen atoms in total. The number of likely N-dealkylation sites (N-methyl/N-ethyl adjacent to an activating group) is 2. The summed E-state index contributed by atoms with van der Waals surface area (Å²) in [5.41, 5.74) is 1.58. The predicted molar refractivity (Wildman–Crippen MR) is 74.3 cm³/mol. The standard InChI is InChI=1S/C14H19N3O2/c1-4-17(8-7-16-2)12-5-6-13(14(18)19-3)11(9-12)10-15/h5-6,9,16H,4,7-8H2,1-3H3. The number of ether oxygens (including phenoxy) is 1. The van der Waals surface area contributed by atoms with Crippen molar-refractivity contribution in [1.82, 2.24) is 5.32 Å². The lowest BCUT2D eigenvalue weighted by Gasteiger charge is -2.23. The van der Waals surface area contributed by atoms with E-state index in [1.165, 1.54) is 7.11 Å². The molecule has 0 amide bonds. The third-order valence-corrected chi connectivity index (χ3v) is 2.91. The van der Waals surface area contributed by atoms with Crippen molar-refractivity contribution in [3.05, 3.63) is 29.3 Å². The van der Waals surface area contributed by atoms with Gasteiger partial charge < -0.3 is 15.0 Å². The summed E-state index contributed by atoms with van der Waals surface area (Å²) in [5.74, 6) is -0.485. The van der Waals surface area contributed by atoms with Gasteiger partial charge in [0.15, 0.2) is 0 Å². The second kappa shape index (κ2) is 7.39. The molecular formula is C14H19N3O2. The third kappa shape index (κ3) is 3.70. The molecule has 1 N–H and O–H groups in total. The van der Waals surface area contributed by atoms with E-state index in [9.17, 15) is 4.79 Å². The molecule has 0 fully saturated rings. The molecule has 1 aromatic rings. The summed E-state index contributed by atoms with van der Waals surface area (Å²) in [6, 6.07) is 7.25. The Labute approximate surface area is 113 Å². The number of anilines is 1. The fourth-order valence-corrected chi connectivity index (χ4v) is 1.83. The number of methoxy groups -OCH3 is 1. The van der Waals surface area contributed by atoms with Gasteiger partial charge in [-0.05, 0) is 32.2 Å². The zero-order chi connectivity index (χ0) is 14.3. The lowest BCUT2D eigenvalue weighted by molar-refractivity contribution is 0.0600. The van der Waals surface area contributed by atoms with E-state index in [0.29, 0.717) is 11.1 Å². The second-order valence-electron chi connectivity index (χ2n) is 4.02. The Hall–Kier alpha value is -2.06. The largest absolute Gasteiger partial charge is 0.465 e.